The number of rotatable bonds is 3. The molecule has 98 valence electrons. The number of hydrogen-bond donors (Lipinski definition) is 2. The van der Waals surface area contributed by atoms with Crippen LogP contribution < -0.4 is 20.1 Å². The first-order valence-electron chi connectivity index (χ1n) is 6.00. The van der Waals surface area contributed by atoms with Gasteiger partial charge in [0.05, 0.1) is 31.5 Å². The lowest BCUT2D eigenvalue weighted by Crippen LogP contribution is -2.24. The summed E-state index contributed by atoms with van der Waals surface area (Å²) in [6.45, 7) is 2.63. The summed E-state index contributed by atoms with van der Waals surface area (Å²) in [4.78, 5) is 11.9. The van der Waals surface area contributed by atoms with Crippen molar-refractivity contribution < 1.29 is 14.3 Å². The Labute approximate surface area is 106 Å². The molecule has 1 aromatic carbocycles. The van der Waals surface area contributed by atoms with E-state index in [4.69, 9.17) is 9.47 Å². The van der Waals surface area contributed by atoms with Crippen molar-refractivity contribution in [3.63, 3.8) is 0 Å². The minimum atomic E-state index is -0.0191. The van der Waals surface area contributed by atoms with Crippen molar-refractivity contribution in [1.29, 1.82) is 0 Å². The van der Waals surface area contributed by atoms with Gasteiger partial charge in [-0.3, -0.25) is 4.79 Å². The van der Waals surface area contributed by atoms with Crippen LogP contribution in [0.3, 0.4) is 0 Å². The summed E-state index contributed by atoms with van der Waals surface area (Å²) < 4.78 is 10.5. The van der Waals surface area contributed by atoms with E-state index in [0.29, 0.717) is 18.0 Å². The van der Waals surface area contributed by atoms with E-state index in [9.17, 15) is 4.79 Å². The van der Waals surface area contributed by atoms with Crippen LogP contribution in [0.1, 0.15) is 13.3 Å². The lowest BCUT2D eigenvalue weighted by molar-refractivity contribution is -0.119. The van der Waals surface area contributed by atoms with Crippen molar-refractivity contribution in [2.24, 2.45) is 5.92 Å². The molecular weight excluding hydrogens is 232 g/mol. The fourth-order valence-corrected chi connectivity index (χ4v) is 2.02. The Balaban J connectivity index is 2.38. The topological polar surface area (TPSA) is 59.6 Å². The maximum atomic E-state index is 11.9. The molecule has 2 rings (SSSR count). The highest BCUT2D eigenvalue weighted by Crippen LogP contribution is 2.37. The van der Waals surface area contributed by atoms with E-state index in [1.807, 2.05) is 13.0 Å². The predicted molar refractivity (Wildman–Crippen MR) is 70.4 cm³/mol. The van der Waals surface area contributed by atoms with E-state index < -0.39 is 0 Å². The van der Waals surface area contributed by atoms with E-state index in [1.54, 1.807) is 20.3 Å². The second-order valence-electron chi connectivity index (χ2n) is 4.23. The molecular formula is C13H18N2O3. The van der Waals surface area contributed by atoms with Gasteiger partial charge in [0.25, 0.3) is 0 Å². The minimum absolute atomic E-state index is 0.0191. The molecule has 1 unspecified atom stereocenters. The summed E-state index contributed by atoms with van der Waals surface area (Å²) in [6, 6.07) is 3.61. The molecule has 0 saturated carbocycles. The third-order valence-electron chi connectivity index (χ3n) is 3.18. The number of methoxy groups -OCH3 is 2. The molecule has 1 aromatic rings. The first-order chi connectivity index (χ1) is 8.69. The number of amides is 1. The zero-order valence-electron chi connectivity index (χ0n) is 10.9. The van der Waals surface area contributed by atoms with Gasteiger partial charge in [-0.1, -0.05) is 6.92 Å². The van der Waals surface area contributed by atoms with Crippen LogP contribution in [0.5, 0.6) is 11.5 Å². The smallest absolute Gasteiger partial charge is 0.229 e. The molecule has 2 N–H and O–H groups in total. The number of carbonyl (C=O) groups excluding carboxylic acids is 1. The van der Waals surface area contributed by atoms with Crippen molar-refractivity contribution in [1.82, 2.24) is 0 Å². The van der Waals surface area contributed by atoms with Crippen LogP contribution in [0.2, 0.25) is 0 Å². The molecule has 1 heterocycles. The summed E-state index contributed by atoms with van der Waals surface area (Å²) in [7, 11) is 3.17. The number of hydrogen-bond acceptors (Lipinski definition) is 4. The third kappa shape index (κ3) is 2.20. The first kappa shape index (κ1) is 12.5. The monoisotopic (exact) mass is 250 g/mol. The standard InChI is InChI=1S/C13H18N2O3/c1-4-8-7-14-9-5-11(17-2)12(18-3)6-10(9)15-13(8)16/h5-6,8,14H,4,7H2,1-3H3,(H,15,16). The van der Waals surface area contributed by atoms with Gasteiger partial charge in [0.15, 0.2) is 11.5 Å². The highest BCUT2D eigenvalue weighted by atomic mass is 16.5. The molecule has 5 nitrogen and oxygen atoms in total. The summed E-state index contributed by atoms with van der Waals surface area (Å²) >= 11 is 0. The van der Waals surface area contributed by atoms with Crippen molar-refractivity contribution >= 4 is 17.3 Å². The number of anilines is 2. The highest BCUT2D eigenvalue weighted by Gasteiger charge is 2.23. The van der Waals surface area contributed by atoms with Gasteiger partial charge in [0.1, 0.15) is 0 Å². The molecule has 1 aliphatic rings. The molecule has 5 heteroatoms. The fraction of sp³-hybridized carbons (Fsp3) is 0.462. The summed E-state index contributed by atoms with van der Waals surface area (Å²) in [5.41, 5.74) is 1.59. The van der Waals surface area contributed by atoms with E-state index >= 15 is 0 Å². The SMILES string of the molecule is CCC1CNc2cc(OC)c(OC)cc2NC1=O. The maximum absolute atomic E-state index is 11.9. The van der Waals surface area contributed by atoms with Gasteiger partial charge in [-0.05, 0) is 6.42 Å². The number of ether oxygens (including phenoxy) is 2. The van der Waals surface area contributed by atoms with Gasteiger partial charge in [-0.25, -0.2) is 0 Å². The van der Waals surface area contributed by atoms with Crippen LogP contribution in [-0.2, 0) is 4.79 Å². The van der Waals surface area contributed by atoms with Gasteiger partial charge in [-0.2, -0.15) is 0 Å². The normalized spacial score (nSPS) is 18.2. The molecule has 1 amide bonds. The van der Waals surface area contributed by atoms with E-state index in [-0.39, 0.29) is 11.8 Å². The van der Waals surface area contributed by atoms with Crippen LogP contribution in [0, 0.1) is 5.92 Å². The lowest BCUT2D eigenvalue weighted by Gasteiger charge is -2.13. The third-order valence-corrected chi connectivity index (χ3v) is 3.18. The van der Waals surface area contributed by atoms with Gasteiger partial charge in [0.2, 0.25) is 5.91 Å². The Morgan fingerprint density at radius 2 is 1.83 bits per heavy atom. The molecule has 0 radical (unpaired) electrons. The van der Waals surface area contributed by atoms with Crippen molar-refractivity contribution in [3.05, 3.63) is 12.1 Å². The largest absolute Gasteiger partial charge is 0.493 e. The van der Waals surface area contributed by atoms with E-state index in [0.717, 1.165) is 17.8 Å². The average Bonchev–Trinajstić information content (AvgIpc) is 2.54. The summed E-state index contributed by atoms with van der Waals surface area (Å²) in [5.74, 6) is 1.27. The minimum Gasteiger partial charge on any atom is -0.493 e. The lowest BCUT2D eigenvalue weighted by atomic mass is 10.1. The molecule has 0 aliphatic carbocycles. The van der Waals surface area contributed by atoms with E-state index in [1.165, 1.54) is 0 Å². The Bertz CT molecular complexity index is 460. The molecule has 0 spiro atoms. The number of benzene rings is 1. The number of carbonyl (C=O) groups is 1. The Morgan fingerprint density at radius 1 is 1.22 bits per heavy atom. The zero-order valence-corrected chi connectivity index (χ0v) is 10.9. The number of nitrogens with one attached hydrogen (secondary N) is 2. The average molecular weight is 250 g/mol. The molecule has 1 atom stereocenters. The second-order valence-corrected chi connectivity index (χ2v) is 4.23. The van der Waals surface area contributed by atoms with Gasteiger partial charge in [0, 0.05) is 18.7 Å². The second kappa shape index (κ2) is 5.16. The summed E-state index contributed by atoms with van der Waals surface area (Å²) in [5, 5.41) is 6.18. The maximum Gasteiger partial charge on any atom is 0.229 e. The quantitative estimate of drug-likeness (QED) is 0.862. The molecule has 18 heavy (non-hydrogen) atoms. The van der Waals surface area contributed by atoms with E-state index in [2.05, 4.69) is 10.6 Å². The fourth-order valence-electron chi connectivity index (χ4n) is 2.02. The Kier molecular flexibility index (Phi) is 3.60. The molecule has 0 saturated heterocycles. The van der Waals surface area contributed by atoms with Crippen LogP contribution in [0.25, 0.3) is 0 Å². The van der Waals surface area contributed by atoms with Gasteiger partial charge < -0.3 is 20.1 Å². The molecule has 0 aromatic heterocycles. The van der Waals surface area contributed by atoms with Crippen LogP contribution >= 0.6 is 0 Å². The number of fused-ring (bicyclic) bond motifs is 1. The van der Waals surface area contributed by atoms with Gasteiger partial charge >= 0.3 is 0 Å². The molecule has 0 bridgehead atoms. The van der Waals surface area contributed by atoms with Crippen LogP contribution in [0.4, 0.5) is 11.4 Å². The van der Waals surface area contributed by atoms with Crippen molar-refractivity contribution in [2.45, 2.75) is 13.3 Å². The van der Waals surface area contributed by atoms with Crippen molar-refractivity contribution in [2.75, 3.05) is 31.4 Å². The predicted octanol–water partition coefficient (Wildman–Crippen LogP) is 2.09. The van der Waals surface area contributed by atoms with Gasteiger partial charge in [-0.15, -0.1) is 0 Å². The zero-order chi connectivity index (χ0) is 13.1. The molecule has 1 aliphatic heterocycles. The van der Waals surface area contributed by atoms with Crippen molar-refractivity contribution in [3.8, 4) is 11.5 Å². The highest BCUT2D eigenvalue weighted by molar-refractivity contribution is 5.98. The molecule has 0 fully saturated rings. The van der Waals surface area contributed by atoms with Crippen LogP contribution in [0.15, 0.2) is 12.1 Å². The Morgan fingerprint density at radius 3 is 2.39 bits per heavy atom. The van der Waals surface area contributed by atoms with Crippen LogP contribution in [-0.4, -0.2) is 26.7 Å². The first-order valence-corrected chi connectivity index (χ1v) is 6.00. The Hall–Kier alpha value is -1.91. The summed E-state index contributed by atoms with van der Waals surface area (Å²) in [6.07, 6.45) is 0.807.